The van der Waals surface area contributed by atoms with E-state index in [0.29, 0.717) is 33.9 Å². The van der Waals surface area contributed by atoms with Gasteiger partial charge >= 0.3 is 0 Å². The van der Waals surface area contributed by atoms with Gasteiger partial charge in [0.05, 0.1) is 28.0 Å². The van der Waals surface area contributed by atoms with Crippen LogP contribution in [0.1, 0.15) is 16.2 Å². The van der Waals surface area contributed by atoms with Gasteiger partial charge in [-0.2, -0.15) is 0 Å². The highest BCUT2D eigenvalue weighted by Crippen LogP contribution is 2.34. The molecule has 0 spiro atoms. The molecular formula is C24H20N4O6S. The second kappa shape index (κ2) is 8.76. The number of aromatic nitrogens is 2. The maximum absolute atomic E-state index is 13.0. The first kappa shape index (κ1) is 22.4. The molecule has 11 heteroatoms. The van der Waals surface area contributed by atoms with Crippen LogP contribution < -0.4 is 19.8 Å². The number of amides is 1. The lowest BCUT2D eigenvalue weighted by atomic mass is 10.2. The van der Waals surface area contributed by atoms with E-state index in [1.54, 1.807) is 43.4 Å². The maximum Gasteiger partial charge on any atom is 0.261 e. The molecule has 5 rings (SSSR count). The van der Waals surface area contributed by atoms with Gasteiger partial charge in [-0.15, -0.1) is 0 Å². The molecule has 178 valence electrons. The van der Waals surface area contributed by atoms with Gasteiger partial charge in [-0.1, -0.05) is 18.2 Å². The minimum Gasteiger partial charge on any atom is -0.454 e. The Morgan fingerprint density at radius 1 is 1.06 bits per heavy atom. The van der Waals surface area contributed by atoms with Crippen molar-refractivity contribution in [3.63, 3.8) is 0 Å². The Morgan fingerprint density at radius 2 is 1.86 bits per heavy atom. The number of hydrogen-bond donors (Lipinski definition) is 2. The first-order valence-corrected chi connectivity index (χ1v) is 12.0. The Morgan fingerprint density at radius 3 is 2.71 bits per heavy atom. The van der Waals surface area contributed by atoms with Crippen LogP contribution >= 0.6 is 0 Å². The van der Waals surface area contributed by atoms with E-state index in [2.05, 4.69) is 14.7 Å². The summed E-state index contributed by atoms with van der Waals surface area (Å²) in [7, 11) is -2.43. The number of sulfonamides is 1. The van der Waals surface area contributed by atoms with E-state index in [-0.39, 0.29) is 29.4 Å². The predicted octanol–water partition coefficient (Wildman–Crippen LogP) is 2.72. The fraction of sp³-hybridized carbons (Fsp3) is 0.125. The van der Waals surface area contributed by atoms with Crippen molar-refractivity contribution in [3.8, 4) is 11.5 Å². The van der Waals surface area contributed by atoms with Crippen LogP contribution in [0.5, 0.6) is 11.5 Å². The molecule has 10 nitrogen and oxygen atoms in total. The number of nitrogens with zero attached hydrogens (tertiary/aromatic N) is 2. The summed E-state index contributed by atoms with van der Waals surface area (Å²) in [6, 6.07) is 17.3. The van der Waals surface area contributed by atoms with Crippen molar-refractivity contribution in [3.05, 3.63) is 88.5 Å². The molecule has 0 bridgehead atoms. The van der Waals surface area contributed by atoms with Gasteiger partial charge in [0, 0.05) is 18.7 Å². The highest BCUT2D eigenvalue weighted by Gasteiger charge is 2.21. The predicted molar refractivity (Wildman–Crippen MR) is 128 cm³/mol. The van der Waals surface area contributed by atoms with Gasteiger partial charge < -0.3 is 19.4 Å². The second-order valence-electron chi connectivity index (χ2n) is 7.89. The molecule has 4 aromatic rings. The highest BCUT2D eigenvalue weighted by molar-refractivity contribution is 7.92. The molecule has 0 radical (unpaired) electrons. The number of H-pyrrole nitrogens is 1. The fourth-order valence-electron chi connectivity index (χ4n) is 3.70. The molecule has 1 aliphatic heterocycles. The van der Waals surface area contributed by atoms with Gasteiger partial charge in [-0.25, -0.2) is 13.4 Å². The normalized spacial score (nSPS) is 12.5. The molecule has 2 heterocycles. The lowest BCUT2D eigenvalue weighted by Gasteiger charge is -2.17. The van der Waals surface area contributed by atoms with E-state index in [9.17, 15) is 18.0 Å². The molecule has 0 fully saturated rings. The molecule has 1 aliphatic rings. The number of rotatable bonds is 6. The first-order chi connectivity index (χ1) is 16.8. The average Bonchev–Trinajstić information content (AvgIpc) is 3.31. The molecule has 0 unspecified atom stereocenters. The van der Waals surface area contributed by atoms with E-state index >= 15 is 0 Å². The van der Waals surface area contributed by atoms with E-state index in [0.717, 1.165) is 0 Å². The number of ether oxygens (including phenoxy) is 2. The lowest BCUT2D eigenvalue weighted by Crippen LogP contribution is -2.28. The fourth-order valence-corrected chi connectivity index (χ4v) is 4.79. The monoisotopic (exact) mass is 492 g/mol. The standard InChI is InChI=1S/C24H20N4O6S/c1-28(13-22-25-19-8-3-2-7-18(19)23(29)26-22)24(30)15-5-4-6-17(11-15)35(31,32)27-16-9-10-20-21(12-16)34-14-33-20/h2-12,27H,13-14H2,1H3,(H,25,26,29). The molecule has 0 aliphatic carbocycles. The van der Waals surface area contributed by atoms with Crippen molar-refractivity contribution in [2.75, 3.05) is 18.6 Å². The SMILES string of the molecule is CN(Cc1nc2ccccc2c(=O)[nH]1)C(=O)c1cccc(S(=O)(=O)Nc2ccc3c(c2)OCO3)c1. The summed E-state index contributed by atoms with van der Waals surface area (Å²) in [5.74, 6) is 0.862. The van der Waals surface area contributed by atoms with Crippen LogP contribution in [0.25, 0.3) is 10.9 Å². The van der Waals surface area contributed by atoms with Crippen LogP contribution in [0.3, 0.4) is 0 Å². The Hall–Kier alpha value is -4.38. The molecule has 0 saturated carbocycles. The summed E-state index contributed by atoms with van der Waals surface area (Å²) >= 11 is 0. The van der Waals surface area contributed by atoms with Crippen LogP contribution in [0.4, 0.5) is 5.69 Å². The summed E-state index contributed by atoms with van der Waals surface area (Å²) in [6.07, 6.45) is 0. The number of hydrogen-bond acceptors (Lipinski definition) is 7. The average molecular weight is 493 g/mol. The van der Waals surface area contributed by atoms with Gasteiger partial charge in [0.2, 0.25) is 6.79 Å². The summed E-state index contributed by atoms with van der Waals surface area (Å²) in [5, 5.41) is 0.457. The number of carbonyl (C=O) groups excluding carboxylic acids is 1. The van der Waals surface area contributed by atoms with Crippen LogP contribution in [0, 0.1) is 0 Å². The lowest BCUT2D eigenvalue weighted by molar-refractivity contribution is 0.0781. The Balaban J connectivity index is 1.35. The van der Waals surface area contributed by atoms with Gasteiger partial charge in [0.1, 0.15) is 5.82 Å². The minimum absolute atomic E-state index is 0.0331. The van der Waals surface area contributed by atoms with E-state index in [1.165, 1.54) is 35.2 Å². The maximum atomic E-state index is 13.0. The van der Waals surface area contributed by atoms with Gasteiger partial charge in [0.25, 0.3) is 21.5 Å². The largest absolute Gasteiger partial charge is 0.454 e. The Bertz CT molecular complexity index is 1620. The molecule has 0 atom stereocenters. The van der Waals surface area contributed by atoms with E-state index in [4.69, 9.17) is 9.47 Å². The summed E-state index contributed by atoms with van der Waals surface area (Å²) in [5.41, 5.74) is 0.697. The zero-order valence-corrected chi connectivity index (χ0v) is 19.3. The van der Waals surface area contributed by atoms with Crippen molar-refractivity contribution >= 4 is 32.5 Å². The summed E-state index contributed by atoms with van der Waals surface area (Å²) in [4.78, 5) is 33.7. The topological polar surface area (TPSA) is 131 Å². The number of benzene rings is 3. The summed E-state index contributed by atoms with van der Waals surface area (Å²) in [6.45, 7) is 0.108. The third kappa shape index (κ3) is 4.53. The molecule has 1 aromatic heterocycles. The number of aromatic amines is 1. The quantitative estimate of drug-likeness (QED) is 0.423. The molecule has 1 amide bonds. The molecule has 0 saturated heterocycles. The number of carbonyl (C=O) groups is 1. The van der Waals surface area contributed by atoms with Crippen molar-refractivity contribution in [1.82, 2.24) is 14.9 Å². The van der Waals surface area contributed by atoms with Crippen LogP contribution in [0.15, 0.2) is 76.4 Å². The van der Waals surface area contributed by atoms with Crippen LogP contribution in [-0.4, -0.2) is 43.0 Å². The number of para-hydroxylation sites is 1. The Labute approximate surface area is 200 Å². The number of fused-ring (bicyclic) bond motifs is 2. The number of anilines is 1. The van der Waals surface area contributed by atoms with Gasteiger partial charge in [-0.3, -0.25) is 14.3 Å². The Kier molecular flexibility index (Phi) is 5.61. The third-order valence-electron chi connectivity index (χ3n) is 5.41. The number of nitrogens with one attached hydrogen (secondary N) is 2. The molecule has 3 aromatic carbocycles. The van der Waals surface area contributed by atoms with Crippen molar-refractivity contribution in [2.24, 2.45) is 0 Å². The smallest absolute Gasteiger partial charge is 0.261 e. The minimum atomic E-state index is -3.98. The molecule has 35 heavy (non-hydrogen) atoms. The van der Waals surface area contributed by atoms with Crippen LogP contribution in [0.2, 0.25) is 0 Å². The van der Waals surface area contributed by atoms with Gasteiger partial charge in [-0.05, 0) is 42.5 Å². The van der Waals surface area contributed by atoms with E-state index < -0.39 is 15.9 Å². The van der Waals surface area contributed by atoms with Crippen molar-refractivity contribution in [2.45, 2.75) is 11.4 Å². The third-order valence-corrected chi connectivity index (χ3v) is 6.79. The zero-order chi connectivity index (χ0) is 24.6. The summed E-state index contributed by atoms with van der Waals surface area (Å²) < 4.78 is 38.9. The first-order valence-electron chi connectivity index (χ1n) is 10.6. The highest BCUT2D eigenvalue weighted by atomic mass is 32.2. The van der Waals surface area contributed by atoms with Gasteiger partial charge in [0.15, 0.2) is 11.5 Å². The zero-order valence-electron chi connectivity index (χ0n) is 18.5. The van der Waals surface area contributed by atoms with Crippen molar-refractivity contribution in [1.29, 1.82) is 0 Å². The molecule has 2 N–H and O–H groups in total. The second-order valence-corrected chi connectivity index (χ2v) is 9.57. The molecular weight excluding hydrogens is 472 g/mol. The van der Waals surface area contributed by atoms with Crippen molar-refractivity contribution < 1.29 is 22.7 Å². The van der Waals surface area contributed by atoms with E-state index in [1.807, 2.05) is 0 Å². The van der Waals surface area contributed by atoms with Crippen LogP contribution in [-0.2, 0) is 16.6 Å².